The first-order chi connectivity index (χ1) is 5.29. The van der Waals surface area contributed by atoms with E-state index in [-0.39, 0.29) is 18.0 Å². The van der Waals surface area contributed by atoms with Gasteiger partial charge in [-0.15, -0.1) is 0 Å². The van der Waals surface area contributed by atoms with Gasteiger partial charge in [0.2, 0.25) is 0 Å². The number of carbonyl (C=O) groups is 1. The van der Waals surface area contributed by atoms with Crippen molar-refractivity contribution in [2.24, 2.45) is 11.7 Å². The molecule has 11 heavy (non-hydrogen) atoms. The van der Waals surface area contributed by atoms with Crippen LogP contribution in [0.25, 0.3) is 0 Å². The highest BCUT2D eigenvalue weighted by molar-refractivity contribution is 5.73. The average molecular weight is 159 g/mol. The van der Waals surface area contributed by atoms with Gasteiger partial charge < -0.3 is 15.2 Å². The third-order valence-electron chi connectivity index (χ3n) is 1.95. The van der Waals surface area contributed by atoms with Crippen molar-refractivity contribution < 1.29 is 14.3 Å². The molecule has 2 unspecified atom stereocenters. The lowest BCUT2D eigenvalue weighted by Gasteiger charge is -2.13. The summed E-state index contributed by atoms with van der Waals surface area (Å²) in [6.45, 7) is 1.00. The first-order valence-corrected chi connectivity index (χ1v) is 3.69. The summed E-state index contributed by atoms with van der Waals surface area (Å²) < 4.78 is 9.80. The molecule has 1 rings (SSSR count). The molecule has 4 heteroatoms. The highest BCUT2D eigenvalue weighted by atomic mass is 16.5. The largest absolute Gasteiger partial charge is 0.469 e. The highest BCUT2D eigenvalue weighted by Crippen LogP contribution is 2.20. The molecule has 2 atom stereocenters. The Bertz CT molecular complexity index is 149. The first-order valence-electron chi connectivity index (χ1n) is 3.69. The molecule has 0 aromatic rings. The van der Waals surface area contributed by atoms with E-state index in [4.69, 9.17) is 10.5 Å². The summed E-state index contributed by atoms with van der Waals surface area (Å²) >= 11 is 0. The minimum atomic E-state index is -0.210. The summed E-state index contributed by atoms with van der Waals surface area (Å²) in [6, 6.07) is 0. The SMILES string of the molecule is COC(=O)C1CCOC1CN. The van der Waals surface area contributed by atoms with Crippen LogP contribution in [-0.2, 0) is 14.3 Å². The standard InChI is InChI=1S/C7H13NO3/c1-10-7(9)5-2-3-11-6(5)4-8/h5-6H,2-4,8H2,1H3. The van der Waals surface area contributed by atoms with Gasteiger partial charge in [-0.3, -0.25) is 4.79 Å². The van der Waals surface area contributed by atoms with Crippen LogP contribution in [0.5, 0.6) is 0 Å². The third-order valence-corrected chi connectivity index (χ3v) is 1.95. The maximum absolute atomic E-state index is 11.0. The van der Waals surface area contributed by atoms with Crippen molar-refractivity contribution in [1.29, 1.82) is 0 Å². The van der Waals surface area contributed by atoms with E-state index in [2.05, 4.69) is 4.74 Å². The van der Waals surface area contributed by atoms with Gasteiger partial charge in [0.1, 0.15) is 0 Å². The van der Waals surface area contributed by atoms with Gasteiger partial charge in [0.05, 0.1) is 19.1 Å². The van der Waals surface area contributed by atoms with Crippen LogP contribution in [0.15, 0.2) is 0 Å². The van der Waals surface area contributed by atoms with Crippen molar-refractivity contribution in [2.75, 3.05) is 20.3 Å². The van der Waals surface area contributed by atoms with Crippen LogP contribution < -0.4 is 5.73 Å². The summed E-state index contributed by atoms with van der Waals surface area (Å²) in [5, 5.41) is 0. The van der Waals surface area contributed by atoms with Crippen LogP contribution in [0.4, 0.5) is 0 Å². The van der Waals surface area contributed by atoms with Gasteiger partial charge in [-0.25, -0.2) is 0 Å². The van der Waals surface area contributed by atoms with E-state index in [1.807, 2.05) is 0 Å². The van der Waals surface area contributed by atoms with Gasteiger partial charge in [-0.05, 0) is 6.42 Å². The Balaban J connectivity index is 2.49. The van der Waals surface area contributed by atoms with Crippen LogP contribution in [0, 0.1) is 5.92 Å². The van der Waals surface area contributed by atoms with Crippen LogP contribution in [0.2, 0.25) is 0 Å². The molecule has 2 N–H and O–H groups in total. The molecule has 0 aromatic heterocycles. The fraction of sp³-hybridized carbons (Fsp3) is 0.857. The van der Waals surface area contributed by atoms with Gasteiger partial charge in [-0.1, -0.05) is 0 Å². The average Bonchev–Trinajstić information content (AvgIpc) is 2.50. The van der Waals surface area contributed by atoms with Crippen molar-refractivity contribution in [3.05, 3.63) is 0 Å². The monoisotopic (exact) mass is 159 g/mol. The zero-order valence-corrected chi connectivity index (χ0v) is 6.58. The molecule has 1 saturated heterocycles. The molecule has 0 aromatic carbocycles. The van der Waals surface area contributed by atoms with Crippen molar-refractivity contribution in [3.63, 3.8) is 0 Å². The van der Waals surface area contributed by atoms with E-state index < -0.39 is 0 Å². The summed E-state index contributed by atoms with van der Waals surface area (Å²) in [5.41, 5.74) is 5.38. The number of hydrogen-bond donors (Lipinski definition) is 1. The Morgan fingerprint density at radius 1 is 1.82 bits per heavy atom. The lowest BCUT2D eigenvalue weighted by atomic mass is 10.0. The van der Waals surface area contributed by atoms with Crippen LogP contribution >= 0.6 is 0 Å². The van der Waals surface area contributed by atoms with Crippen molar-refractivity contribution in [3.8, 4) is 0 Å². The second kappa shape index (κ2) is 3.69. The molecule has 0 spiro atoms. The summed E-state index contributed by atoms with van der Waals surface area (Å²) in [4.78, 5) is 11.0. The number of ether oxygens (including phenoxy) is 2. The van der Waals surface area contributed by atoms with Crippen LogP contribution in [0.1, 0.15) is 6.42 Å². The van der Waals surface area contributed by atoms with E-state index in [0.29, 0.717) is 13.2 Å². The van der Waals surface area contributed by atoms with Crippen molar-refractivity contribution in [1.82, 2.24) is 0 Å². The molecule has 4 nitrogen and oxygen atoms in total. The number of methoxy groups -OCH3 is 1. The summed E-state index contributed by atoms with van der Waals surface area (Å²) in [7, 11) is 1.38. The molecule has 64 valence electrons. The van der Waals surface area contributed by atoms with Crippen molar-refractivity contribution >= 4 is 5.97 Å². The minimum Gasteiger partial charge on any atom is -0.469 e. The first kappa shape index (κ1) is 8.49. The molecule has 1 aliphatic rings. The Labute approximate surface area is 65.7 Å². The van der Waals surface area contributed by atoms with Gasteiger partial charge >= 0.3 is 5.97 Å². The number of nitrogens with two attached hydrogens (primary N) is 1. The van der Waals surface area contributed by atoms with Gasteiger partial charge in [0, 0.05) is 13.2 Å². The lowest BCUT2D eigenvalue weighted by Crippen LogP contribution is -2.31. The summed E-state index contributed by atoms with van der Waals surface area (Å²) in [6.07, 6.45) is 0.594. The summed E-state index contributed by atoms with van der Waals surface area (Å²) in [5.74, 6) is -0.358. The zero-order chi connectivity index (χ0) is 8.27. The molecule has 0 saturated carbocycles. The van der Waals surface area contributed by atoms with E-state index in [1.165, 1.54) is 7.11 Å². The molecule has 1 aliphatic heterocycles. The smallest absolute Gasteiger partial charge is 0.311 e. The van der Waals surface area contributed by atoms with Crippen LogP contribution in [-0.4, -0.2) is 32.3 Å². The highest BCUT2D eigenvalue weighted by Gasteiger charge is 2.33. The van der Waals surface area contributed by atoms with Gasteiger partial charge in [0.25, 0.3) is 0 Å². The predicted octanol–water partition coefficient (Wildman–Crippen LogP) is -0.477. The topological polar surface area (TPSA) is 61.5 Å². The zero-order valence-electron chi connectivity index (χ0n) is 6.58. The van der Waals surface area contributed by atoms with Gasteiger partial charge in [0.15, 0.2) is 0 Å². The molecule has 1 heterocycles. The molecule has 0 bridgehead atoms. The molecule has 0 radical (unpaired) electrons. The Hall–Kier alpha value is -0.610. The lowest BCUT2D eigenvalue weighted by molar-refractivity contribution is -0.147. The van der Waals surface area contributed by atoms with E-state index in [0.717, 1.165) is 6.42 Å². The Morgan fingerprint density at radius 2 is 2.55 bits per heavy atom. The fourth-order valence-electron chi connectivity index (χ4n) is 1.30. The molecular weight excluding hydrogens is 146 g/mol. The van der Waals surface area contributed by atoms with E-state index in [1.54, 1.807) is 0 Å². The Morgan fingerprint density at radius 3 is 3.09 bits per heavy atom. The molecule has 0 aliphatic carbocycles. The predicted molar refractivity (Wildman–Crippen MR) is 38.9 cm³/mol. The van der Waals surface area contributed by atoms with E-state index >= 15 is 0 Å². The Kier molecular flexibility index (Phi) is 2.84. The van der Waals surface area contributed by atoms with Gasteiger partial charge in [-0.2, -0.15) is 0 Å². The molecule has 1 fully saturated rings. The minimum absolute atomic E-state index is 0.137. The number of carbonyl (C=O) groups excluding carboxylic acids is 1. The maximum atomic E-state index is 11.0. The molecular formula is C7H13NO3. The molecule has 0 amide bonds. The number of rotatable bonds is 2. The quantitative estimate of drug-likeness (QED) is 0.553. The normalized spacial score (nSPS) is 30.4. The second-order valence-electron chi connectivity index (χ2n) is 2.56. The number of esters is 1. The third kappa shape index (κ3) is 1.70. The second-order valence-corrected chi connectivity index (χ2v) is 2.56. The van der Waals surface area contributed by atoms with Crippen molar-refractivity contribution in [2.45, 2.75) is 12.5 Å². The maximum Gasteiger partial charge on any atom is 0.311 e. The van der Waals surface area contributed by atoms with E-state index in [9.17, 15) is 4.79 Å². The fourth-order valence-corrected chi connectivity index (χ4v) is 1.30. The number of hydrogen-bond acceptors (Lipinski definition) is 4. The van der Waals surface area contributed by atoms with Crippen LogP contribution in [0.3, 0.4) is 0 Å².